The topological polar surface area (TPSA) is 38.8 Å². The number of ketones is 1. The molecule has 2 bridgehead atoms. The molecule has 4 heteroatoms. The summed E-state index contributed by atoms with van der Waals surface area (Å²) in [7, 11) is 1.67. The van der Waals surface area contributed by atoms with E-state index >= 15 is 0 Å². The van der Waals surface area contributed by atoms with Crippen LogP contribution in [0.2, 0.25) is 0 Å². The van der Waals surface area contributed by atoms with Crippen molar-refractivity contribution < 1.29 is 14.3 Å². The molecule has 0 amide bonds. The fraction of sp³-hybridized carbons (Fsp3) is 0.682. The van der Waals surface area contributed by atoms with Gasteiger partial charge in [-0.2, -0.15) is 0 Å². The first-order valence-corrected chi connectivity index (χ1v) is 10.2. The molecule has 2 fully saturated rings. The zero-order valence-electron chi connectivity index (χ0n) is 16.1. The van der Waals surface area contributed by atoms with E-state index in [0.717, 1.165) is 25.8 Å². The van der Waals surface area contributed by atoms with Crippen LogP contribution >= 0.6 is 0 Å². The van der Waals surface area contributed by atoms with Gasteiger partial charge in [-0.05, 0) is 37.7 Å². The van der Waals surface area contributed by atoms with E-state index in [-0.39, 0.29) is 5.92 Å². The number of ether oxygens (including phenoxy) is 2. The van der Waals surface area contributed by atoms with E-state index < -0.39 is 0 Å². The van der Waals surface area contributed by atoms with Gasteiger partial charge in [0.2, 0.25) is 0 Å². The molecule has 0 aliphatic carbocycles. The van der Waals surface area contributed by atoms with Crippen LogP contribution in [0.25, 0.3) is 0 Å². The molecular weight excluding hydrogens is 326 g/mol. The molecule has 2 saturated heterocycles. The molecule has 2 aliphatic heterocycles. The summed E-state index contributed by atoms with van der Waals surface area (Å²) in [6.45, 7) is 2.93. The van der Waals surface area contributed by atoms with Crippen molar-refractivity contribution in [1.29, 1.82) is 0 Å². The van der Waals surface area contributed by atoms with Crippen LogP contribution in [0.15, 0.2) is 30.3 Å². The van der Waals surface area contributed by atoms with Crippen molar-refractivity contribution in [3.05, 3.63) is 35.9 Å². The molecule has 1 aromatic carbocycles. The summed E-state index contributed by atoms with van der Waals surface area (Å²) >= 11 is 0. The van der Waals surface area contributed by atoms with E-state index in [1.165, 1.54) is 24.8 Å². The molecule has 1 aromatic rings. The molecule has 0 aromatic heterocycles. The van der Waals surface area contributed by atoms with Crippen molar-refractivity contribution in [3.8, 4) is 0 Å². The van der Waals surface area contributed by atoms with Gasteiger partial charge in [0.1, 0.15) is 5.78 Å². The molecule has 0 saturated carbocycles. The van der Waals surface area contributed by atoms with E-state index in [2.05, 4.69) is 35.2 Å². The summed E-state index contributed by atoms with van der Waals surface area (Å²) in [5.74, 6) is 0.716. The third-order valence-electron chi connectivity index (χ3n) is 5.93. The molecule has 4 nitrogen and oxygen atoms in total. The lowest BCUT2D eigenvalue weighted by Crippen LogP contribution is -2.52. The van der Waals surface area contributed by atoms with Crippen LogP contribution in [0.3, 0.4) is 0 Å². The predicted octanol–water partition coefficient (Wildman–Crippen LogP) is 3.83. The lowest BCUT2D eigenvalue weighted by molar-refractivity contribution is -0.127. The summed E-state index contributed by atoms with van der Waals surface area (Å²) in [5.41, 5.74) is 1.39. The zero-order valence-corrected chi connectivity index (χ0v) is 16.1. The van der Waals surface area contributed by atoms with Crippen LogP contribution < -0.4 is 0 Å². The minimum Gasteiger partial charge on any atom is -0.382 e. The molecule has 3 rings (SSSR count). The van der Waals surface area contributed by atoms with Crippen LogP contribution in [0.1, 0.15) is 50.5 Å². The van der Waals surface area contributed by atoms with Gasteiger partial charge >= 0.3 is 0 Å². The Labute approximate surface area is 157 Å². The number of hydrogen-bond acceptors (Lipinski definition) is 4. The summed E-state index contributed by atoms with van der Waals surface area (Å²) in [6.07, 6.45) is 7.40. The van der Waals surface area contributed by atoms with Gasteiger partial charge in [0.25, 0.3) is 0 Å². The van der Waals surface area contributed by atoms with Gasteiger partial charge in [0, 0.05) is 44.7 Å². The first-order chi connectivity index (χ1) is 12.8. The average molecular weight is 360 g/mol. The number of nitrogens with zero attached hydrogens (tertiary/aromatic N) is 1. The summed E-state index contributed by atoms with van der Waals surface area (Å²) < 4.78 is 10.4. The van der Waals surface area contributed by atoms with Crippen LogP contribution in [0, 0.1) is 5.92 Å². The third kappa shape index (κ3) is 5.38. The maximum absolute atomic E-state index is 12.7. The third-order valence-corrected chi connectivity index (χ3v) is 5.93. The first-order valence-electron chi connectivity index (χ1n) is 10.2. The van der Waals surface area contributed by atoms with Gasteiger partial charge in [0.15, 0.2) is 0 Å². The molecular formula is C22H33NO3. The van der Waals surface area contributed by atoms with Crippen LogP contribution in [-0.4, -0.2) is 49.7 Å². The Bertz CT molecular complexity index is 534. The molecule has 0 spiro atoms. The van der Waals surface area contributed by atoms with Gasteiger partial charge in [-0.1, -0.05) is 36.8 Å². The molecule has 26 heavy (non-hydrogen) atoms. The molecule has 2 atom stereocenters. The van der Waals surface area contributed by atoms with Crippen molar-refractivity contribution in [2.75, 3.05) is 26.9 Å². The van der Waals surface area contributed by atoms with E-state index in [1.807, 2.05) is 0 Å². The minimum absolute atomic E-state index is 0.260. The maximum Gasteiger partial charge on any atom is 0.136 e. The van der Waals surface area contributed by atoms with Crippen molar-refractivity contribution in [3.63, 3.8) is 0 Å². The zero-order chi connectivity index (χ0) is 18.2. The molecule has 144 valence electrons. The normalized spacial score (nSPS) is 26.0. The number of piperidine rings is 2. The lowest BCUT2D eigenvalue weighted by Gasteiger charge is -2.48. The Balaban J connectivity index is 1.47. The number of benzene rings is 1. The van der Waals surface area contributed by atoms with Gasteiger partial charge in [-0.3, -0.25) is 9.69 Å². The number of methoxy groups -OCH3 is 1. The number of Topliss-reactive ketones (excluding diaryl/α,β-unsaturated/α-hetero) is 1. The highest BCUT2D eigenvalue weighted by molar-refractivity contribution is 5.81. The highest BCUT2D eigenvalue weighted by atomic mass is 16.5. The Hall–Kier alpha value is -1.23. The van der Waals surface area contributed by atoms with Crippen molar-refractivity contribution in [1.82, 2.24) is 4.90 Å². The largest absolute Gasteiger partial charge is 0.382 e. The lowest BCUT2D eigenvalue weighted by atomic mass is 9.76. The molecule has 2 heterocycles. The van der Waals surface area contributed by atoms with Gasteiger partial charge in [-0.25, -0.2) is 0 Å². The molecule has 2 aliphatic rings. The highest BCUT2D eigenvalue weighted by Gasteiger charge is 2.40. The Morgan fingerprint density at radius 1 is 1.08 bits per heavy atom. The Morgan fingerprint density at radius 2 is 1.81 bits per heavy atom. The number of fused-ring (bicyclic) bond motifs is 2. The highest BCUT2D eigenvalue weighted by Crippen LogP contribution is 2.38. The number of carbonyl (C=O) groups is 1. The van der Waals surface area contributed by atoms with Crippen LogP contribution in [0.4, 0.5) is 0 Å². The van der Waals surface area contributed by atoms with Crippen molar-refractivity contribution >= 4 is 5.78 Å². The van der Waals surface area contributed by atoms with Crippen LogP contribution in [0.5, 0.6) is 0 Å². The Kier molecular flexibility index (Phi) is 7.66. The molecule has 2 unspecified atom stereocenters. The van der Waals surface area contributed by atoms with Gasteiger partial charge in [-0.15, -0.1) is 0 Å². The van der Waals surface area contributed by atoms with E-state index in [0.29, 0.717) is 44.1 Å². The number of hydrogen-bond donors (Lipinski definition) is 0. The standard InChI is InChI=1S/C22H33NO3/c1-25-13-14-26-12-6-11-22(24)19-15-20-9-5-10-21(16-19)23(20)17-18-7-3-2-4-8-18/h2-4,7-8,19-21H,5-6,9-17H2,1H3. The summed E-state index contributed by atoms with van der Waals surface area (Å²) in [6, 6.07) is 11.9. The SMILES string of the molecule is COCCOCCCC(=O)C1CC2CCCC(C1)N2Cc1ccccc1. The van der Waals surface area contributed by atoms with E-state index in [4.69, 9.17) is 9.47 Å². The predicted molar refractivity (Wildman–Crippen MR) is 103 cm³/mol. The van der Waals surface area contributed by atoms with Gasteiger partial charge in [0.05, 0.1) is 13.2 Å². The first kappa shape index (κ1) is 19.5. The number of rotatable bonds is 10. The van der Waals surface area contributed by atoms with Crippen molar-refractivity contribution in [2.45, 2.75) is 63.6 Å². The second-order valence-corrected chi connectivity index (χ2v) is 7.74. The van der Waals surface area contributed by atoms with E-state index in [1.54, 1.807) is 7.11 Å². The summed E-state index contributed by atoms with van der Waals surface area (Å²) in [4.78, 5) is 15.4. The number of carbonyl (C=O) groups excluding carboxylic acids is 1. The van der Waals surface area contributed by atoms with E-state index in [9.17, 15) is 4.79 Å². The Morgan fingerprint density at radius 3 is 2.50 bits per heavy atom. The fourth-order valence-corrected chi connectivity index (χ4v) is 4.59. The van der Waals surface area contributed by atoms with Crippen molar-refractivity contribution in [2.24, 2.45) is 5.92 Å². The monoisotopic (exact) mass is 359 g/mol. The quantitative estimate of drug-likeness (QED) is 0.595. The smallest absolute Gasteiger partial charge is 0.136 e. The fourth-order valence-electron chi connectivity index (χ4n) is 4.59. The average Bonchev–Trinajstić information content (AvgIpc) is 2.65. The van der Waals surface area contributed by atoms with Gasteiger partial charge < -0.3 is 9.47 Å². The second kappa shape index (κ2) is 10.2. The maximum atomic E-state index is 12.7. The minimum atomic E-state index is 0.260. The molecule has 0 radical (unpaired) electrons. The summed E-state index contributed by atoms with van der Waals surface area (Å²) in [5, 5.41) is 0. The molecule has 0 N–H and O–H groups in total. The second-order valence-electron chi connectivity index (χ2n) is 7.74. The van der Waals surface area contributed by atoms with Crippen LogP contribution in [-0.2, 0) is 20.8 Å².